The molecule has 0 atom stereocenters. The summed E-state index contributed by atoms with van der Waals surface area (Å²) in [5.74, 6) is 0. The zero-order chi connectivity index (χ0) is 12.9. The molecular formula is C10H24N4S2+2. The minimum atomic E-state index is 1.23. The first-order chi connectivity index (χ1) is 7.27. The predicted molar refractivity (Wildman–Crippen MR) is 76.8 cm³/mol. The number of nitrogens with zero attached hydrogens (tertiary/aromatic N) is 4. The first kappa shape index (κ1) is 15.6. The van der Waals surface area contributed by atoms with Crippen LogP contribution in [0.15, 0.2) is 0 Å². The van der Waals surface area contributed by atoms with Gasteiger partial charge in [-0.15, -0.1) is 0 Å². The molecule has 16 heavy (non-hydrogen) atoms. The van der Waals surface area contributed by atoms with Crippen LogP contribution in [0.5, 0.6) is 0 Å². The van der Waals surface area contributed by atoms with Crippen molar-refractivity contribution in [3.63, 3.8) is 0 Å². The van der Waals surface area contributed by atoms with Crippen molar-refractivity contribution in [1.29, 1.82) is 0 Å². The fourth-order valence-electron chi connectivity index (χ4n) is 1.17. The lowest BCUT2D eigenvalue weighted by atomic mass is 10.9. The molecule has 0 aromatic rings. The zero-order valence-corrected chi connectivity index (χ0v) is 13.2. The van der Waals surface area contributed by atoms with Gasteiger partial charge in [0.15, 0.2) is 0 Å². The third-order valence-corrected chi connectivity index (χ3v) is 4.71. The van der Waals surface area contributed by atoms with Gasteiger partial charge in [0.1, 0.15) is 0 Å². The molecule has 4 nitrogen and oxygen atoms in total. The van der Waals surface area contributed by atoms with E-state index >= 15 is 0 Å². The molecule has 0 aliphatic heterocycles. The summed E-state index contributed by atoms with van der Waals surface area (Å²) in [7, 11) is 20.0. The molecule has 0 N–H and O–H groups in total. The maximum atomic E-state index is 2.13. The molecule has 0 fully saturated rings. The van der Waals surface area contributed by atoms with Gasteiger partial charge < -0.3 is 0 Å². The Balaban J connectivity index is 4.67. The number of amidine groups is 2. The van der Waals surface area contributed by atoms with E-state index in [4.69, 9.17) is 0 Å². The van der Waals surface area contributed by atoms with Crippen molar-refractivity contribution < 1.29 is 9.15 Å². The van der Waals surface area contributed by atoms with Gasteiger partial charge in [0, 0.05) is 21.6 Å². The molecule has 0 spiro atoms. The molecule has 0 bridgehead atoms. The molecule has 0 saturated carbocycles. The normalized spacial score (nSPS) is 9.75. The Hall–Kier alpha value is -0.360. The van der Waals surface area contributed by atoms with Gasteiger partial charge in [-0.3, -0.25) is 19.0 Å². The zero-order valence-electron chi connectivity index (χ0n) is 11.6. The smallest absolute Gasteiger partial charge is 0.261 e. The Bertz CT molecular complexity index is 257. The lowest BCUT2D eigenvalue weighted by Crippen LogP contribution is -2.29. The number of rotatable bonds is 0. The van der Waals surface area contributed by atoms with Crippen molar-refractivity contribution >= 4 is 31.9 Å². The third kappa shape index (κ3) is 5.12. The number of hydrogen-bond donors (Lipinski definition) is 0. The summed E-state index contributed by atoms with van der Waals surface area (Å²) in [4.78, 5) is 4.25. The van der Waals surface area contributed by atoms with Crippen LogP contribution in [0, 0.1) is 0 Å². The van der Waals surface area contributed by atoms with E-state index in [-0.39, 0.29) is 0 Å². The summed E-state index contributed by atoms with van der Waals surface area (Å²) in [6.07, 6.45) is 0. The first-order valence-electron chi connectivity index (χ1n) is 5.05. The van der Waals surface area contributed by atoms with Crippen LogP contribution in [-0.4, -0.2) is 85.7 Å². The molecule has 0 aromatic heterocycles. The maximum Gasteiger partial charge on any atom is 0.318 e. The van der Waals surface area contributed by atoms with Gasteiger partial charge >= 0.3 is 10.3 Å². The van der Waals surface area contributed by atoms with E-state index < -0.39 is 0 Å². The molecule has 0 aliphatic carbocycles. The van der Waals surface area contributed by atoms with Crippen molar-refractivity contribution in [3.05, 3.63) is 0 Å². The van der Waals surface area contributed by atoms with E-state index in [0.717, 1.165) is 0 Å². The Morgan fingerprint density at radius 3 is 1.06 bits per heavy atom. The molecule has 0 radical (unpaired) electrons. The number of hydrogen-bond acceptors (Lipinski definition) is 2. The van der Waals surface area contributed by atoms with Crippen LogP contribution < -0.4 is 0 Å². The second kappa shape index (κ2) is 7.06. The van der Waals surface area contributed by atoms with Crippen molar-refractivity contribution in [1.82, 2.24) is 9.80 Å². The molecule has 0 rings (SSSR count). The van der Waals surface area contributed by atoms with Gasteiger partial charge in [-0.1, -0.05) is 0 Å². The van der Waals surface area contributed by atoms with Gasteiger partial charge in [-0.05, 0) is 0 Å². The summed E-state index contributed by atoms with van der Waals surface area (Å²) >= 11 is 0. The van der Waals surface area contributed by atoms with Crippen molar-refractivity contribution in [2.45, 2.75) is 0 Å². The van der Waals surface area contributed by atoms with E-state index in [9.17, 15) is 0 Å². The summed E-state index contributed by atoms with van der Waals surface area (Å²) < 4.78 is 4.25. The van der Waals surface area contributed by atoms with Crippen LogP contribution in [0.2, 0.25) is 0 Å². The van der Waals surface area contributed by atoms with Crippen LogP contribution >= 0.6 is 21.6 Å². The maximum absolute atomic E-state index is 2.13. The quantitative estimate of drug-likeness (QED) is 0.277. The summed E-state index contributed by atoms with van der Waals surface area (Å²) in [5, 5.41) is 2.46. The average molecular weight is 264 g/mol. The van der Waals surface area contributed by atoms with E-state index in [0.29, 0.717) is 0 Å². The second-order valence-corrected chi connectivity index (χ2v) is 6.37. The van der Waals surface area contributed by atoms with Crippen LogP contribution in [0.4, 0.5) is 0 Å². The minimum Gasteiger partial charge on any atom is -0.261 e. The standard InChI is InChI=1S/C10H24N4S2/c1-11(2)9(12(3)4)15-16-10(13(5)6)14(7)8/h1-8H3/q+2. The van der Waals surface area contributed by atoms with E-state index in [2.05, 4.69) is 75.3 Å². The largest absolute Gasteiger partial charge is 0.318 e. The molecule has 6 heteroatoms. The van der Waals surface area contributed by atoms with Gasteiger partial charge in [0.2, 0.25) is 0 Å². The Kier molecular flexibility index (Phi) is 6.90. The average Bonchev–Trinajstić information content (AvgIpc) is 2.09. The molecule has 0 heterocycles. The first-order valence-corrected chi connectivity index (χ1v) is 7.20. The molecular weight excluding hydrogens is 240 g/mol. The highest BCUT2D eigenvalue weighted by Crippen LogP contribution is 2.25. The molecule has 0 saturated heterocycles. The molecule has 0 aromatic carbocycles. The SMILES string of the molecule is CN(C)C(SSC(N(C)C)=[N+](C)C)=[N+](C)C. The lowest BCUT2D eigenvalue weighted by molar-refractivity contribution is -0.466. The Morgan fingerprint density at radius 1 is 0.688 bits per heavy atom. The van der Waals surface area contributed by atoms with Crippen LogP contribution in [0.1, 0.15) is 0 Å². The van der Waals surface area contributed by atoms with Gasteiger partial charge in [0.05, 0.1) is 56.4 Å². The summed E-state index contributed by atoms with van der Waals surface area (Å²) in [6.45, 7) is 0. The third-order valence-electron chi connectivity index (χ3n) is 1.72. The molecule has 0 aliphatic rings. The van der Waals surface area contributed by atoms with Gasteiger partial charge in [0.25, 0.3) is 0 Å². The van der Waals surface area contributed by atoms with E-state index in [1.165, 1.54) is 10.3 Å². The predicted octanol–water partition coefficient (Wildman–Crippen LogP) is 0.747. The molecule has 94 valence electrons. The van der Waals surface area contributed by atoms with Crippen LogP contribution in [-0.2, 0) is 0 Å². The molecule has 0 amide bonds. The van der Waals surface area contributed by atoms with Crippen molar-refractivity contribution in [2.24, 2.45) is 0 Å². The minimum absolute atomic E-state index is 1.23. The Morgan fingerprint density at radius 2 is 0.938 bits per heavy atom. The fourth-order valence-corrected chi connectivity index (χ4v) is 4.15. The highest BCUT2D eigenvalue weighted by molar-refractivity contribution is 8.87. The van der Waals surface area contributed by atoms with Crippen molar-refractivity contribution in [2.75, 3.05) is 56.4 Å². The fraction of sp³-hybridized carbons (Fsp3) is 0.800. The second-order valence-electron chi connectivity index (χ2n) is 4.31. The van der Waals surface area contributed by atoms with Gasteiger partial charge in [-0.25, -0.2) is 0 Å². The van der Waals surface area contributed by atoms with Crippen LogP contribution in [0.3, 0.4) is 0 Å². The van der Waals surface area contributed by atoms with E-state index in [1.54, 1.807) is 21.6 Å². The summed E-state index contributed by atoms with van der Waals surface area (Å²) in [6, 6.07) is 0. The summed E-state index contributed by atoms with van der Waals surface area (Å²) in [5.41, 5.74) is 0. The topological polar surface area (TPSA) is 12.5 Å². The van der Waals surface area contributed by atoms with Crippen molar-refractivity contribution in [3.8, 4) is 0 Å². The van der Waals surface area contributed by atoms with Crippen LogP contribution in [0.25, 0.3) is 0 Å². The highest BCUT2D eigenvalue weighted by atomic mass is 33.1. The van der Waals surface area contributed by atoms with Gasteiger partial charge in [-0.2, -0.15) is 0 Å². The molecule has 0 unspecified atom stereocenters. The lowest BCUT2D eigenvalue weighted by Gasteiger charge is -2.12. The highest BCUT2D eigenvalue weighted by Gasteiger charge is 2.20. The monoisotopic (exact) mass is 264 g/mol. The Labute approximate surface area is 107 Å². The van der Waals surface area contributed by atoms with E-state index in [1.807, 2.05) is 0 Å².